The van der Waals surface area contributed by atoms with Crippen molar-refractivity contribution in [2.75, 3.05) is 5.43 Å². The van der Waals surface area contributed by atoms with Gasteiger partial charge in [-0.05, 0) is 30.7 Å². The predicted molar refractivity (Wildman–Crippen MR) is 59.3 cm³/mol. The summed E-state index contributed by atoms with van der Waals surface area (Å²) in [5.41, 5.74) is 4.50. The lowest BCUT2D eigenvalue weighted by Gasteiger charge is -2.05. The summed E-state index contributed by atoms with van der Waals surface area (Å²) in [4.78, 5) is 4.29. The smallest absolute Gasteiger partial charge is 0.140 e. The first-order valence-corrected chi connectivity index (χ1v) is 4.62. The van der Waals surface area contributed by atoms with Crippen LogP contribution in [0.2, 0.25) is 5.02 Å². The lowest BCUT2D eigenvalue weighted by molar-refractivity contribution is 1.25. The predicted octanol–water partition coefficient (Wildman–Crippen LogP) is 2.48. The molecule has 0 bridgehead atoms. The van der Waals surface area contributed by atoms with Gasteiger partial charge in [0.15, 0.2) is 0 Å². The van der Waals surface area contributed by atoms with Crippen LogP contribution in [-0.2, 0) is 0 Å². The molecule has 3 nitrogen and oxygen atoms in total. The molecule has 0 aliphatic carbocycles. The zero-order valence-corrected chi connectivity index (χ0v) is 8.47. The molecule has 0 fully saturated rings. The molecule has 2 rings (SSSR count). The normalized spacial score (nSPS) is 10.5. The van der Waals surface area contributed by atoms with Gasteiger partial charge in [-0.1, -0.05) is 17.7 Å². The molecule has 1 aromatic heterocycles. The summed E-state index contributed by atoms with van der Waals surface area (Å²) in [6.07, 6.45) is 0. The molecule has 14 heavy (non-hydrogen) atoms. The number of hydrogen-bond acceptors (Lipinski definition) is 3. The standard InChI is InChI=1S/C10H10ClN3/c1-6-4-10(14-12)13-9-5-7(11)2-3-8(6)9/h2-5H,12H2,1H3,(H,13,14). The Morgan fingerprint density at radius 3 is 2.86 bits per heavy atom. The second-order valence-electron chi connectivity index (χ2n) is 3.13. The highest BCUT2D eigenvalue weighted by Crippen LogP contribution is 2.22. The summed E-state index contributed by atoms with van der Waals surface area (Å²) in [6.45, 7) is 2.01. The molecule has 0 spiro atoms. The molecule has 0 saturated heterocycles. The molecule has 0 saturated carbocycles. The van der Waals surface area contributed by atoms with Gasteiger partial charge < -0.3 is 5.43 Å². The fourth-order valence-electron chi connectivity index (χ4n) is 1.45. The third-order valence-corrected chi connectivity index (χ3v) is 2.36. The number of hydrogen-bond donors (Lipinski definition) is 2. The minimum Gasteiger partial charge on any atom is -0.308 e. The van der Waals surface area contributed by atoms with Gasteiger partial charge in [0.1, 0.15) is 5.82 Å². The van der Waals surface area contributed by atoms with Gasteiger partial charge in [-0.25, -0.2) is 10.8 Å². The molecule has 0 aliphatic rings. The number of rotatable bonds is 1. The largest absolute Gasteiger partial charge is 0.308 e. The molecule has 2 aromatic rings. The number of hydrazine groups is 1. The Kier molecular flexibility index (Phi) is 2.27. The van der Waals surface area contributed by atoms with E-state index in [1.54, 1.807) is 0 Å². The Morgan fingerprint density at radius 2 is 2.14 bits per heavy atom. The second kappa shape index (κ2) is 3.44. The maximum Gasteiger partial charge on any atom is 0.140 e. The van der Waals surface area contributed by atoms with E-state index in [9.17, 15) is 0 Å². The number of benzene rings is 1. The van der Waals surface area contributed by atoms with Gasteiger partial charge in [0.05, 0.1) is 5.52 Å². The molecule has 1 heterocycles. The Bertz CT molecular complexity index is 482. The van der Waals surface area contributed by atoms with Crippen LogP contribution in [-0.4, -0.2) is 4.98 Å². The number of fused-ring (bicyclic) bond motifs is 1. The maximum atomic E-state index is 5.87. The van der Waals surface area contributed by atoms with Crippen molar-refractivity contribution in [3.05, 3.63) is 34.9 Å². The van der Waals surface area contributed by atoms with Crippen molar-refractivity contribution in [1.82, 2.24) is 4.98 Å². The summed E-state index contributed by atoms with van der Waals surface area (Å²) in [6, 6.07) is 7.54. The van der Waals surface area contributed by atoms with Gasteiger partial charge >= 0.3 is 0 Å². The molecular weight excluding hydrogens is 198 g/mol. The van der Waals surface area contributed by atoms with E-state index in [1.807, 2.05) is 31.2 Å². The number of nitrogens with zero attached hydrogens (tertiary/aromatic N) is 1. The van der Waals surface area contributed by atoms with Crippen molar-refractivity contribution in [3.63, 3.8) is 0 Å². The molecule has 0 aliphatic heterocycles. The van der Waals surface area contributed by atoms with E-state index in [-0.39, 0.29) is 0 Å². The minimum atomic E-state index is 0.650. The van der Waals surface area contributed by atoms with Crippen LogP contribution in [0.25, 0.3) is 10.9 Å². The Morgan fingerprint density at radius 1 is 1.36 bits per heavy atom. The van der Waals surface area contributed by atoms with Crippen molar-refractivity contribution in [3.8, 4) is 0 Å². The zero-order chi connectivity index (χ0) is 10.1. The quantitative estimate of drug-likeness (QED) is 0.558. The van der Waals surface area contributed by atoms with E-state index in [4.69, 9.17) is 17.4 Å². The fourth-order valence-corrected chi connectivity index (χ4v) is 1.62. The van der Waals surface area contributed by atoms with E-state index >= 15 is 0 Å². The molecule has 4 heteroatoms. The average molecular weight is 208 g/mol. The summed E-state index contributed by atoms with van der Waals surface area (Å²) in [7, 11) is 0. The molecular formula is C10H10ClN3. The van der Waals surface area contributed by atoms with Crippen LogP contribution in [0, 0.1) is 6.92 Å². The van der Waals surface area contributed by atoms with Gasteiger partial charge in [-0.3, -0.25) is 0 Å². The summed E-state index contributed by atoms with van der Waals surface area (Å²) in [5, 5.41) is 1.77. The van der Waals surface area contributed by atoms with Crippen LogP contribution in [0.15, 0.2) is 24.3 Å². The highest BCUT2D eigenvalue weighted by molar-refractivity contribution is 6.31. The summed E-state index contributed by atoms with van der Waals surface area (Å²) < 4.78 is 0. The third kappa shape index (κ3) is 1.52. The number of halogens is 1. The first kappa shape index (κ1) is 9.24. The number of nitrogens with two attached hydrogens (primary N) is 1. The Hall–Kier alpha value is -1.32. The molecule has 3 N–H and O–H groups in total. The minimum absolute atomic E-state index is 0.650. The molecule has 1 aromatic carbocycles. The Labute approximate surface area is 86.9 Å². The Balaban J connectivity index is 2.77. The zero-order valence-electron chi connectivity index (χ0n) is 7.71. The van der Waals surface area contributed by atoms with Gasteiger partial charge in [0.2, 0.25) is 0 Å². The lowest BCUT2D eigenvalue weighted by Crippen LogP contribution is -2.08. The third-order valence-electron chi connectivity index (χ3n) is 2.13. The number of aromatic nitrogens is 1. The molecule has 0 radical (unpaired) electrons. The summed E-state index contributed by atoms with van der Waals surface area (Å²) >= 11 is 5.87. The van der Waals surface area contributed by atoms with Crippen LogP contribution in [0.3, 0.4) is 0 Å². The van der Waals surface area contributed by atoms with E-state index in [2.05, 4.69) is 10.4 Å². The molecule has 0 unspecified atom stereocenters. The van der Waals surface area contributed by atoms with Crippen LogP contribution < -0.4 is 11.3 Å². The fraction of sp³-hybridized carbons (Fsp3) is 0.100. The number of nitrogen functional groups attached to an aromatic ring is 1. The number of nitrogens with one attached hydrogen (secondary N) is 1. The van der Waals surface area contributed by atoms with Gasteiger partial charge in [0, 0.05) is 10.4 Å². The summed E-state index contributed by atoms with van der Waals surface area (Å²) in [5.74, 6) is 5.95. The maximum absolute atomic E-state index is 5.87. The van der Waals surface area contributed by atoms with Crippen LogP contribution >= 0.6 is 11.6 Å². The van der Waals surface area contributed by atoms with E-state index in [1.165, 1.54) is 0 Å². The van der Waals surface area contributed by atoms with Gasteiger partial charge in [0.25, 0.3) is 0 Å². The first-order chi connectivity index (χ1) is 6.70. The van der Waals surface area contributed by atoms with Crippen molar-refractivity contribution in [2.24, 2.45) is 5.84 Å². The van der Waals surface area contributed by atoms with E-state index in [0.717, 1.165) is 16.5 Å². The number of pyridine rings is 1. The van der Waals surface area contributed by atoms with E-state index < -0.39 is 0 Å². The second-order valence-corrected chi connectivity index (χ2v) is 3.57. The number of aryl methyl sites for hydroxylation is 1. The average Bonchev–Trinajstić information content (AvgIpc) is 2.16. The van der Waals surface area contributed by atoms with Crippen LogP contribution in [0.5, 0.6) is 0 Å². The van der Waals surface area contributed by atoms with Crippen molar-refractivity contribution < 1.29 is 0 Å². The monoisotopic (exact) mass is 207 g/mol. The SMILES string of the molecule is Cc1cc(NN)nc2cc(Cl)ccc12. The van der Waals surface area contributed by atoms with Crippen LogP contribution in [0.1, 0.15) is 5.56 Å². The van der Waals surface area contributed by atoms with Gasteiger partial charge in [-0.2, -0.15) is 0 Å². The van der Waals surface area contributed by atoms with Crippen LogP contribution in [0.4, 0.5) is 5.82 Å². The molecule has 0 atom stereocenters. The lowest BCUT2D eigenvalue weighted by atomic mass is 10.1. The topological polar surface area (TPSA) is 50.9 Å². The molecule has 72 valence electrons. The van der Waals surface area contributed by atoms with Crippen molar-refractivity contribution >= 4 is 28.3 Å². The van der Waals surface area contributed by atoms with Crippen molar-refractivity contribution in [2.45, 2.75) is 6.92 Å². The first-order valence-electron chi connectivity index (χ1n) is 4.24. The van der Waals surface area contributed by atoms with Crippen molar-refractivity contribution in [1.29, 1.82) is 0 Å². The highest BCUT2D eigenvalue weighted by Gasteiger charge is 2.01. The van der Waals surface area contributed by atoms with E-state index in [0.29, 0.717) is 10.8 Å². The number of anilines is 1. The van der Waals surface area contributed by atoms with Gasteiger partial charge in [-0.15, -0.1) is 0 Å². The highest BCUT2D eigenvalue weighted by atomic mass is 35.5. The molecule has 0 amide bonds.